The van der Waals surface area contributed by atoms with Crippen LogP contribution in [-0.2, 0) is 9.53 Å². The van der Waals surface area contributed by atoms with Gasteiger partial charge in [0.05, 0.1) is 18.9 Å². The van der Waals surface area contributed by atoms with Gasteiger partial charge in [0.25, 0.3) is 0 Å². The number of methoxy groups -OCH3 is 1. The number of aliphatic hydroxyl groups excluding tert-OH is 1. The Balaban J connectivity index is 2.39. The number of carbonyl (C=O) groups is 1. The first-order chi connectivity index (χ1) is 10.2. The molecule has 1 aromatic carbocycles. The first-order valence-corrected chi connectivity index (χ1v) is 6.00. The number of pyridine rings is 1. The Labute approximate surface area is 120 Å². The van der Waals surface area contributed by atoms with Crippen molar-refractivity contribution in [2.75, 3.05) is 7.11 Å². The average Bonchev–Trinajstić information content (AvgIpc) is 2.49. The average molecular weight is 287 g/mol. The predicted molar refractivity (Wildman–Crippen MR) is 75.0 cm³/mol. The van der Waals surface area contributed by atoms with Crippen LogP contribution in [0.2, 0.25) is 0 Å². The third-order valence-electron chi connectivity index (χ3n) is 2.63. The summed E-state index contributed by atoms with van der Waals surface area (Å²) in [6.45, 7) is 0. The smallest absolute Gasteiger partial charge is 0.341 e. The predicted octanol–water partition coefficient (Wildman–Crippen LogP) is 2.65. The second-order valence-corrected chi connectivity index (χ2v) is 3.99. The van der Waals surface area contributed by atoms with Crippen molar-refractivity contribution < 1.29 is 24.5 Å². The van der Waals surface area contributed by atoms with Crippen LogP contribution in [0.25, 0.3) is 5.57 Å². The topological polar surface area (TPSA) is 88.9 Å². The molecular formula is C15H13NO5. The Hall–Kier alpha value is -3.02. The van der Waals surface area contributed by atoms with Gasteiger partial charge in [-0.1, -0.05) is 6.07 Å². The van der Waals surface area contributed by atoms with E-state index in [1.165, 1.54) is 25.4 Å². The quantitative estimate of drug-likeness (QED) is 0.510. The maximum Gasteiger partial charge on any atom is 0.341 e. The van der Waals surface area contributed by atoms with E-state index in [4.69, 9.17) is 4.74 Å². The third kappa shape index (κ3) is 3.30. The number of phenolic OH excluding ortho intramolecular Hbond substituents is 1. The van der Waals surface area contributed by atoms with Crippen molar-refractivity contribution in [1.82, 2.24) is 4.98 Å². The van der Waals surface area contributed by atoms with Gasteiger partial charge < -0.3 is 19.7 Å². The highest BCUT2D eigenvalue weighted by Gasteiger charge is 2.18. The van der Waals surface area contributed by atoms with Crippen molar-refractivity contribution in [3.8, 4) is 17.4 Å². The fourth-order valence-corrected chi connectivity index (χ4v) is 1.68. The zero-order valence-corrected chi connectivity index (χ0v) is 11.2. The minimum atomic E-state index is -0.716. The van der Waals surface area contributed by atoms with Crippen molar-refractivity contribution in [1.29, 1.82) is 0 Å². The highest BCUT2D eigenvalue weighted by Crippen LogP contribution is 2.29. The summed E-state index contributed by atoms with van der Waals surface area (Å²) in [5, 5.41) is 18.6. The number of aliphatic hydroxyl groups is 1. The van der Waals surface area contributed by atoms with Crippen LogP contribution in [0.3, 0.4) is 0 Å². The monoisotopic (exact) mass is 287 g/mol. The molecule has 0 aliphatic rings. The van der Waals surface area contributed by atoms with E-state index in [9.17, 15) is 15.0 Å². The molecule has 2 aromatic rings. The maximum absolute atomic E-state index is 11.6. The van der Waals surface area contributed by atoms with E-state index < -0.39 is 5.97 Å². The summed E-state index contributed by atoms with van der Waals surface area (Å²) in [4.78, 5) is 15.7. The van der Waals surface area contributed by atoms with Gasteiger partial charge in [0.2, 0.25) is 5.88 Å². The van der Waals surface area contributed by atoms with Crippen molar-refractivity contribution in [3.63, 3.8) is 0 Å². The van der Waals surface area contributed by atoms with E-state index >= 15 is 0 Å². The standard InChI is InChI=1S/C15H13NO5/c1-20-15(19)13(9-17)12-6-3-7-16-14(12)21-11-5-2-4-10(18)8-11/h2-9,17-18H,1H3. The Morgan fingerprint density at radius 1 is 1.29 bits per heavy atom. The second-order valence-electron chi connectivity index (χ2n) is 3.99. The molecule has 0 amide bonds. The van der Waals surface area contributed by atoms with Gasteiger partial charge in [0.1, 0.15) is 17.1 Å². The Kier molecular flexibility index (Phi) is 4.40. The SMILES string of the molecule is COC(=O)C(=CO)c1cccnc1Oc1cccc(O)c1. The van der Waals surface area contributed by atoms with Crippen LogP contribution < -0.4 is 4.74 Å². The van der Waals surface area contributed by atoms with E-state index in [0.29, 0.717) is 12.0 Å². The number of hydrogen-bond acceptors (Lipinski definition) is 6. The van der Waals surface area contributed by atoms with E-state index in [2.05, 4.69) is 9.72 Å². The zero-order valence-electron chi connectivity index (χ0n) is 11.2. The molecule has 0 radical (unpaired) electrons. The first-order valence-electron chi connectivity index (χ1n) is 6.00. The number of esters is 1. The number of carbonyl (C=O) groups excluding carboxylic acids is 1. The van der Waals surface area contributed by atoms with Crippen LogP contribution in [0.5, 0.6) is 17.4 Å². The second kappa shape index (κ2) is 6.42. The highest BCUT2D eigenvalue weighted by atomic mass is 16.5. The number of rotatable bonds is 4. The number of aromatic nitrogens is 1. The van der Waals surface area contributed by atoms with Gasteiger partial charge >= 0.3 is 5.97 Å². The number of ether oxygens (including phenoxy) is 2. The molecule has 0 saturated heterocycles. The maximum atomic E-state index is 11.6. The molecule has 1 heterocycles. The lowest BCUT2D eigenvalue weighted by Crippen LogP contribution is -2.06. The van der Waals surface area contributed by atoms with Crippen LogP contribution in [0.15, 0.2) is 48.9 Å². The number of aromatic hydroxyl groups is 1. The summed E-state index contributed by atoms with van der Waals surface area (Å²) in [6, 6.07) is 9.29. The van der Waals surface area contributed by atoms with E-state index in [1.54, 1.807) is 24.3 Å². The minimum absolute atomic E-state index is 0.0378. The summed E-state index contributed by atoms with van der Waals surface area (Å²) in [6.07, 6.45) is 2.12. The number of phenols is 1. The summed E-state index contributed by atoms with van der Waals surface area (Å²) in [7, 11) is 1.21. The lowest BCUT2D eigenvalue weighted by Gasteiger charge is -2.10. The molecule has 0 atom stereocenters. The number of benzene rings is 1. The molecule has 0 aliphatic heterocycles. The van der Waals surface area contributed by atoms with Gasteiger partial charge in [-0.05, 0) is 24.3 Å². The molecule has 0 saturated carbocycles. The van der Waals surface area contributed by atoms with Gasteiger partial charge in [0, 0.05) is 12.3 Å². The van der Waals surface area contributed by atoms with E-state index in [1.807, 2.05) is 0 Å². The molecule has 0 fully saturated rings. The van der Waals surface area contributed by atoms with Gasteiger partial charge in [-0.15, -0.1) is 0 Å². The van der Waals surface area contributed by atoms with Gasteiger partial charge in [-0.25, -0.2) is 9.78 Å². The Morgan fingerprint density at radius 2 is 2.10 bits per heavy atom. The van der Waals surface area contributed by atoms with Gasteiger partial charge in [-0.3, -0.25) is 0 Å². The lowest BCUT2D eigenvalue weighted by atomic mass is 10.1. The van der Waals surface area contributed by atoms with Crippen LogP contribution in [0.1, 0.15) is 5.56 Å². The summed E-state index contributed by atoms with van der Waals surface area (Å²) in [5.74, 6) is -0.229. The number of nitrogens with zero attached hydrogens (tertiary/aromatic N) is 1. The number of hydrogen-bond donors (Lipinski definition) is 2. The van der Waals surface area contributed by atoms with Crippen LogP contribution in [0.4, 0.5) is 0 Å². The molecule has 0 spiro atoms. The van der Waals surface area contributed by atoms with E-state index in [0.717, 1.165) is 0 Å². The van der Waals surface area contributed by atoms with Crippen molar-refractivity contribution >= 4 is 11.5 Å². The normalized spacial score (nSPS) is 11.0. The molecular weight excluding hydrogens is 274 g/mol. The molecule has 6 heteroatoms. The summed E-state index contributed by atoms with van der Waals surface area (Å²) >= 11 is 0. The Bertz CT molecular complexity index is 681. The van der Waals surface area contributed by atoms with E-state index in [-0.39, 0.29) is 22.8 Å². The van der Waals surface area contributed by atoms with Crippen LogP contribution >= 0.6 is 0 Å². The molecule has 0 aliphatic carbocycles. The van der Waals surface area contributed by atoms with Crippen molar-refractivity contribution in [2.45, 2.75) is 0 Å². The first kappa shape index (κ1) is 14.4. The fourth-order valence-electron chi connectivity index (χ4n) is 1.68. The minimum Gasteiger partial charge on any atom is -0.515 e. The summed E-state index contributed by atoms with van der Waals surface area (Å²) < 4.78 is 10.1. The van der Waals surface area contributed by atoms with Crippen LogP contribution in [0, 0.1) is 0 Å². The molecule has 0 bridgehead atoms. The van der Waals surface area contributed by atoms with Crippen molar-refractivity contribution in [3.05, 3.63) is 54.4 Å². The molecule has 0 unspecified atom stereocenters. The van der Waals surface area contributed by atoms with Crippen molar-refractivity contribution in [2.24, 2.45) is 0 Å². The fraction of sp³-hybridized carbons (Fsp3) is 0.0667. The summed E-state index contributed by atoms with van der Waals surface area (Å²) in [5.41, 5.74) is 0.191. The molecule has 2 rings (SSSR count). The highest BCUT2D eigenvalue weighted by molar-refractivity contribution is 6.16. The molecule has 21 heavy (non-hydrogen) atoms. The molecule has 1 aromatic heterocycles. The molecule has 108 valence electrons. The Morgan fingerprint density at radius 3 is 2.76 bits per heavy atom. The lowest BCUT2D eigenvalue weighted by molar-refractivity contribution is -0.133. The zero-order chi connectivity index (χ0) is 15.2. The van der Waals surface area contributed by atoms with Crippen LogP contribution in [-0.4, -0.2) is 28.3 Å². The van der Waals surface area contributed by atoms with Gasteiger partial charge in [-0.2, -0.15) is 0 Å². The van der Waals surface area contributed by atoms with Gasteiger partial charge in [0.15, 0.2) is 0 Å². The largest absolute Gasteiger partial charge is 0.515 e. The molecule has 6 nitrogen and oxygen atoms in total. The molecule has 2 N–H and O–H groups in total. The third-order valence-corrected chi connectivity index (χ3v) is 2.63.